The Balaban J connectivity index is 2.26. The summed E-state index contributed by atoms with van der Waals surface area (Å²) in [5.41, 5.74) is -0.995. The van der Waals surface area contributed by atoms with E-state index in [4.69, 9.17) is 9.47 Å². The number of carbonyl (C=O) groups is 2. The minimum absolute atomic E-state index is 0.0223. The standard InChI is InChI=1S/C13H20O4/c1-2-17-12(15)13(10-5-3-4-6-10)9-16-8-7-11(13)14/h10H,2-9H2,1H3. The van der Waals surface area contributed by atoms with Crippen LogP contribution >= 0.6 is 0 Å². The molecule has 0 aromatic carbocycles. The van der Waals surface area contributed by atoms with Crippen LogP contribution in [0, 0.1) is 11.3 Å². The molecule has 17 heavy (non-hydrogen) atoms. The summed E-state index contributed by atoms with van der Waals surface area (Å²) in [4.78, 5) is 24.4. The van der Waals surface area contributed by atoms with Gasteiger partial charge in [0, 0.05) is 6.42 Å². The Kier molecular flexibility index (Phi) is 3.82. The maximum Gasteiger partial charge on any atom is 0.322 e. The van der Waals surface area contributed by atoms with Crippen molar-refractivity contribution in [3.63, 3.8) is 0 Å². The third-order valence-electron chi connectivity index (χ3n) is 3.99. The second kappa shape index (κ2) is 5.17. The average molecular weight is 240 g/mol. The Bertz CT molecular complexity index is 307. The SMILES string of the molecule is CCOC(=O)C1(C2CCCC2)COCCC1=O. The number of rotatable bonds is 3. The molecule has 2 rings (SSSR count). The van der Waals surface area contributed by atoms with E-state index in [0.717, 1.165) is 25.7 Å². The molecule has 0 aromatic rings. The summed E-state index contributed by atoms with van der Waals surface area (Å²) in [7, 11) is 0. The normalized spacial score (nSPS) is 30.5. The Morgan fingerprint density at radius 3 is 2.76 bits per heavy atom. The maximum atomic E-state index is 12.2. The van der Waals surface area contributed by atoms with Gasteiger partial charge in [0.25, 0.3) is 0 Å². The molecule has 1 saturated carbocycles. The number of ketones is 1. The summed E-state index contributed by atoms with van der Waals surface area (Å²) in [6, 6.07) is 0. The van der Waals surface area contributed by atoms with Gasteiger partial charge >= 0.3 is 5.97 Å². The maximum absolute atomic E-state index is 12.2. The van der Waals surface area contributed by atoms with Crippen molar-refractivity contribution in [3.8, 4) is 0 Å². The predicted octanol–water partition coefficient (Wildman–Crippen LogP) is 1.72. The minimum Gasteiger partial charge on any atom is -0.465 e. The molecule has 4 heteroatoms. The van der Waals surface area contributed by atoms with Crippen LogP contribution in [0.1, 0.15) is 39.0 Å². The van der Waals surface area contributed by atoms with Crippen molar-refractivity contribution in [2.45, 2.75) is 39.0 Å². The number of esters is 1. The fourth-order valence-corrected chi connectivity index (χ4v) is 3.07. The molecular formula is C13H20O4. The van der Waals surface area contributed by atoms with E-state index in [1.54, 1.807) is 6.92 Å². The molecule has 1 aliphatic heterocycles. The molecule has 1 saturated heterocycles. The first-order valence-electron chi connectivity index (χ1n) is 6.50. The van der Waals surface area contributed by atoms with Gasteiger partial charge in [-0.1, -0.05) is 12.8 Å². The van der Waals surface area contributed by atoms with Crippen LogP contribution in [0.15, 0.2) is 0 Å². The average Bonchev–Trinajstić information content (AvgIpc) is 2.84. The van der Waals surface area contributed by atoms with Crippen LogP contribution in [-0.2, 0) is 19.1 Å². The highest BCUT2D eigenvalue weighted by molar-refractivity contribution is 6.04. The molecule has 1 aliphatic carbocycles. The van der Waals surface area contributed by atoms with Gasteiger partial charge in [0.2, 0.25) is 0 Å². The summed E-state index contributed by atoms with van der Waals surface area (Å²) in [5.74, 6) is -0.222. The fourth-order valence-electron chi connectivity index (χ4n) is 3.07. The lowest BCUT2D eigenvalue weighted by Gasteiger charge is -2.37. The van der Waals surface area contributed by atoms with Crippen LogP contribution in [0.25, 0.3) is 0 Å². The van der Waals surface area contributed by atoms with Crippen molar-refractivity contribution < 1.29 is 19.1 Å². The molecule has 96 valence electrons. The van der Waals surface area contributed by atoms with Gasteiger partial charge in [-0.15, -0.1) is 0 Å². The van der Waals surface area contributed by atoms with E-state index in [1.165, 1.54) is 0 Å². The van der Waals surface area contributed by atoms with Crippen LogP contribution in [-0.4, -0.2) is 31.6 Å². The molecule has 0 aromatic heterocycles. The van der Waals surface area contributed by atoms with Crippen molar-refractivity contribution in [2.75, 3.05) is 19.8 Å². The van der Waals surface area contributed by atoms with Gasteiger partial charge in [-0.05, 0) is 25.7 Å². The van der Waals surface area contributed by atoms with E-state index in [9.17, 15) is 9.59 Å². The molecule has 4 nitrogen and oxygen atoms in total. The van der Waals surface area contributed by atoms with Gasteiger partial charge in [-0.3, -0.25) is 9.59 Å². The van der Waals surface area contributed by atoms with Crippen molar-refractivity contribution in [1.29, 1.82) is 0 Å². The van der Waals surface area contributed by atoms with E-state index >= 15 is 0 Å². The molecule has 1 atom stereocenters. The predicted molar refractivity (Wildman–Crippen MR) is 61.5 cm³/mol. The van der Waals surface area contributed by atoms with Crippen LogP contribution in [0.4, 0.5) is 0 Å². The van der Waals surface area contributed by atoms with E-state index in [2.05, 4.69) is 0 Å². The molecule has 1 unspecified atom stereocenters. The number of Topliss-reactive ketones (excluding diaryl/α,β-unsaturated/α-hetero) is 1. The molecule has 0 spiro atoms. The van der Waals surface area contributed by atoms with E-state index in [-0.39, 0.29) is 24.3 Å². The van der Waals surface area contributed by atoms with Crippen molar-refractivity contribution in [1.82, 2.24) is 0 Å². The number of carbonyl (C=O) groups excluding carboxylic acids is 2. The van der Waals surface area contributed by atoms with Gasteiger partial charge < -0.3 is 9.47 Å². The Hall–Kier alpha value is -0.900. The van der Waals surface area contributed by atoms with E-state index in [1.807, 2.05) is 0 Å². The van der Waals surface area contributed by atoms with Crippen LogP contribution < -0.4 is 0 Å². The first-order chi connectivity index (χ1) is 8.21. The highest BCUT2D eigenvalue weighted by Gasteiger charge is 2.54. The lowest BCUT2D eigenvalue weighted by atomic mass is 9.70. The third-order valence-corrected chi connectivity index (χ3v) is 3.99. The van der Waals surface area contributed by atoms with Crippen LogP contribution in [0.2, 0.25) is 0 Å². The molecule has 2 fully saturated rings. The zero-order valence-corrected chi connectivity index (χ0v) is 10.4. The molecule has 2 aliphatic rings. The summed E-state index contributed by atoms with van der Waals surface area (Å²) in [6.07, 6.45) is 4.41. The van der Waals surface area contributed by atoms with Gasteiger partial charge in [-0.2, -0.15) is 0 Å². The van der Waals surface area contributed by atoms with E-state index in [0.29, 0.717) is 19.6 Å². The van der Waals surface area contributed by atoms with Gasteiger partial charge in [0.15, 0.2) is 11.2 Å². The first kappa shape index (κ1) is 12.6. The van der Waals surface area contributed by atoms with Crippen LogP contribution in [0.5, 0.6) is 0 Å². The Labute approximate surface area is 102 Å². The lowest BCUT2D eigenvalue weighted by molar-refractivity contribution is -0.174. The quantitative estimate of drug-likeness (QED) is 0.556. The first-order valence-corrected chi connectivity index (χ1v) is 6.50. The molecule has 0 amide bonds. The largest absolute Gasteiger partial charge is 0.465 e. The lowest BCUT2D eigenvalue weighted by Crippen LogP contribution is -2.52. The molecule has 0 bridgehead atoms. The van der Waals surface area contributed by atoms with Crippen molar-refractivity contribution in [2.24, 2.45) is 11.3 Å². The van der Waals surface area contributed by atoms with Gasteiger partial charge in [0.1, 0.15) is 0 Å². The number of ether oxygens (including phenoxy) is 2. The Morgan fingerprint density at radius 1 is 1.47 bits per heavy atom. The zero-order valence-electron chi connectivity index (χ0n) is 10.4. The number of hydrogen-bond acceptors (Lipinski definition) is 4. The van der Waals surface area contributed by atoms with Gasteiger partial charge in [0.05, 0.1) is 19.8 Å². The second-order valence-electron chi connectivity index (χ2n) is 4.90. The van der Waals surface area contributed by atoms with Crippen molar-refractivity contribution in [3.05, 3.63) is 0 Å². The monoisotopic (exact) mass is 240 g/mol. The summed E-state index contributed by atoms with van der Waals surface area (Å²) in [6.45, 7) is 2.75. The van der Waals surface area contributed by atoms with Gasteiger partial charge in [-0.25, -0.2) is 0 Å². The molecule has 1 heterocycles. The summed E-state index contributed by atoms with van der Waals surface area (Å²) < 4.78 is 10.5. The third kappa shape index (κ3) is 2.10. The van der Waals surface area contributed by atoms with Crippen molar-refractivity contribution >= 4 is 11.8 Å². The summed E-state index contributed by atoms with van der Waals surface area (Å²) >= 11 is 0. The minimum atomic E-state index is -0.995. The highest BCUT2D eigenvalue weighted by atomic mass is 16.5. The highest BCUT2D eigenvalue weighted by Crippen LogP contribution is 2.44. The number of hydrogen-bond donors (Lipinski definition) is 0. The second-order valence-corrected chi connectivity index (χ2v) is 4.90. The van der Waals surface area contributed by atoms with E-state index < -0.39 is 5.41 Å². The molecule has 0 N–H and O–H groups in total. The summed E-state index contributed by atoms with van der Waals surface area (Å²) in [5, 5.41) is 0. The fraction of sp³-hybridized carbons (Fsp3) is 0.846. The molecule has 0 radical (unpaired) electrons. The zero-order chi connectivity index (χ0) is 12.3. The topological polar surface area (TPSA) is 52.6 Å². The van der Waals surface area contributed by atoms with Crippen LogP contribution in [0.3, 0.4) is 0 Å². The molecular weight excluding hydrogens is 220 g/mol. The Morgan fingerprint density at radius 2 is 2.18 bits per heavy atom. The smallest absolute Gasteiger partial charge is 0.322 e.